The Bertz CT molecular complexity index is 491. The molecule has 4 heteroatoms. The lowest BCUT2D eigenvalue weighted by Gasteiger charge is -2.00. The van der Waals surface area contributed by atoms with Gasteiger partial charge in [-0.2, -0.15) is 0 Å². The number of nitrogens with two attached hydrogens (primary N) is 1. The number of hydrogen-bond acceptors (Lipinski definition) is 3. The Labute approximate surface area is 99.5 Å². The molecule has 2 rings (SSSR count). The van der Waals surface area contributed by atoms with Gasteiger partial charge in [0.25, 0.3) is 0 Å². The molecule has 0 aliphatic carbocycles. The van der Waals surface area contributed by atoms with Crippen LogP contribution >= 0.6 is 12.6 Å². The highest BCUT2D eigenvalue weighted by molar-refractivity contribution is 7.80. The molecule has 1 aromatic heterocycles. The molecule has 0 saturated carbocycles. The molecule has 0 atom stereocenters. The van der Waals surface area contributed by atoms with Crippen molar-refractivity contribution in [3.8, 4) is 0 Å². The minimum absolute atomic E-state index is 0.481. The monoisotopic (exact) mass is 229 g/mol. The molecule has 80 valence electrons. The maximum Gasteiger partial charge on any atom is 0.131 e. The summed E-state index contributed by atoms with van der Waals surface area (Å²) in [5.74, 6) is 0.481. The number of benzene rings is 1. The van der Waals surface area contributed by atoms with E-state index in [-0.39, 0.29) is 0 Å². The lowest BCUT2D eigenvalue weighted by atomic mass is 10.2. The van der Waals surface area contributed by atoms with Crippen LogP contribution in [0.1, 0.15) is 5.56 Å². The maximum absolute atomic E-state index is 5.87. The van der Waals surface area contributed by atoms with E-state index in [1.54, 1.807) is 12.4 Å². The molecule has 0 fully saturated rings. The van der Waals surface area contributed by atoms with Crippen molar-refractivity contribution in [2.75, 3.05) is 0 Å². The second kappa shape index (κ2) is 4.81. The van der Waals surface area contributed by atoms with E-state index in [9.17, 15) is 0 Å². The van der Waals surface area contributed by atoms with Crippen molar-refractivity contribution in [3.05, 3.63) is 54.4 Å². The van der Waals surface area contributed by atoms with Gasteiger partial charge in [0.15, 0.2) is 0 Å². The average molecular weight is 229 g/mol. The predicted octanol–water partition coefficient (Wildman–Crippen LogP) is 2.41. The Morgan fingerprint density at radius 2 is 1.69 bits per heavy atom. The lowest BCUT2D eigenvalue weighted by Crippen LogP contribution is -2.12. The number of amidine groups is 1. The van der Waals surface area contributed by atoms with Crippen LogP contribution in [0.3, 0.4) is 0 Å². The van der Waals surface area contributed by atoms with Crippen LogP contribution < -0.4 is 5.73 Å². The Balaban J connectivity index is 2.28. The van der Waals surface area contributed by atoms with Gasteiger partial charge in [0.2, 0.25) is 0 Å². The van der Waals surface area contributed by atoms with Crippen LogP contribution in [0, 0.1) is 0 Å². The highest BCUT2D eigenvalue weighted by atomic mass is 32.1. The maximum atomic E-state index is 5.87. The van der Waals surface area contributed by atoms with Gasteiger partial charge in [-0.05, 0) is 36.4 Å². The van der Waals surface area contributed by atoms with Crippen LogP contribution in [0.2, 0.25) is 0 Å². The summed E-state index contributed by atoms with van der Waals surface area (Å²) in [6.45, 7) is 0. The Morgan fingerprint density at radius 3 is 2.31 bits per heavy atom. The van der Waals surface area contributed by atoms with E-state index in [1.807, 2.05) is 36.4 Å². The fourth-order valence-electron chi connectivity index (χ4n) is 1.25. The van der Waals surface area contributed by atoms with Crippen molar-refractivity contribution in [1.82, 2.24) is 4.98 Å². The van der Waals surface area contributed by atoms with Gasteiger partial charge in [-0.1, -0.05) is 0 Å². The van der Waals surface area contributed by atoms with Crippen molar-refractivity contribution in [3.63, 3.8) is 0 Å². The Hall–Kier alpha value is -1.81. The quantitative estimate of drug-likeness (QED) is 0.472. The first kappa shape index (κ1) is 10.7. The minimum Gasteiger partial charge on any atom is -0.383 e. The third kappa shape index (κ3) is 2.61. The second-order valence-corrected chi connectivity index (χ2v) is 3.77. The third-order valence-electron chi connectivity index (χ3n) is 2.08. The molecule has 0 bridgehead atoms. The van der Waals surface area contributed by atoms with Gasteiger partial charge in [-0.15, -0.1) is 12.6 Å². The summed E-state index contributed by atoms with van der Waals surface area (Å²) >= 11 is 4.20. The molecule has 0 amide bonds. The SMILES string of the molecule is NC(=Nc1ccc(S)cc1)c1ccncc1. The van der Waals surface area contributed by atoms with Crippen molar-refractivity contribution in [2.24, 2.45) is 10.7 Å². The van der Waals surface area contributed by atoms with Crippen molar-refractivity contribution in [2.45, 2.75) is 4.90 Å². The van der Waals surface area contributed by atoms with Crippen molar-refractivity contribution < 1.29 is 0 Å². The normalized spacial score (nSPS) is 11.4. The summed E-state index contributed by atoms with van der Waals surface area (Å²) < 4.78 is 0. The molecule has 2 N–H and O–H groups in total. The number of nitrogens with zero attached hydrogens (tertiary/aromatic N) is 2. The van der Waals surface area contributed by atoms with Crippen LogP contribution in [0.5, 0.6) is 0 Å². The summed E-state index contributed by atoms with van der Waals surface area (Å²) in [4.78, 5) is 9.13. The molecule has 3 nitrogen and oxygen atoms in total. The molecular weight excluding hydrogens is 218 g/mol. The van der Waals surface area contributed by atoms with Gasteiger partial charge in [0.05, 0.1) is 5.69 Å². The van der Waals surface area contributed by atoms with Crippen molar-refractivity contribution in [1.29, 1.82) is 0 Å². The van der Waals surface area contributed by atoms with Crippen LogP contribution in [-0.2, 0) is 0 Å². The zero-order valence-corrected chi connectivity index (χ0v) is 9.43. The highest BCUT2D eigenvalue weighted by Gasteiger charge is 1.97. The zero-order valence-electron chi connectivity index (χ0n) is 8.54. The first-order valence-electron chi connectivity index (χ1n) is 4.79. The van der Waals surface area contributed by atoms with E-state index in [2.05, 4.69) is 22.6 Å². The molecule has 16 heavy (non-hydrogen) atoms. The summed E-state index contributed by atoms with van der Waals surface area (Å²) in [6, 6.07) is 11.1. The molecule has 0 aliphatic rings. The fourth-order valence-corrected chi connectivity index (χ4v) is 1.40. The van der Waals surface area contributed by atoms with Gasteiger partial charge >= 0.3 is 0 Å². The zero-order chi connectivity index (χ0) is 11.4. The number of pyridine rings is 1. The van der Waals surface area contributed by atoms with Crippen molar-refractivity contribution >= 4 is 24.2 Å². The van der Waals surface area contributed by atoms with E-state index in [1.165, 1.54) is 0 Å². The number of hydrogen-bond donors (Lipinski definition) is 2. The van der Waals surface area contributed by atoms with Gasteiger partial charge in [0, 0.05) is 22.9 Å². The molecule has 0 spiro atoms. The summed E-state index contributed by atoms with van der Waals surface area (Å²) in [5.41, 5.74) is 7.55. The van der Waals surface area contributed by atoms with Gasteiger partial charge < -0.3 is 5.73 Å². The number of thiol groups is 1. The van der Waals surface area contributed by atoms with E-state index >= 15 is 0 Å². The smallest absolute Gasteiger partial charge is 0.131 e. The Kier molecular flexibility index (Phi) is 3.22. The van der Waals surface area contributed by atoms with E-state index in [4.69, 9.17) is 5.73 Å². The molecule has 0 saturated heterocycles. The van der Waals surface area contributed by atoms with Gasteiger partial charge in [-0.3, -0.25) is 4.98 Å². The number of aromatic nitrogens is 1. The molecule has 0 unspecified atom stereocenters. The van der Waals surface area contributed by atoms with E-state index < -0.39 is 0 Å². The first-order valence-corrected chi connectivity index (χ1v) is 5.24. The summed E-state index contributed by atoms with van der Waals surface area (Å²) in [5, 5.41) is 0. The molecule has 1 aromatic carbocycles. The topological polar surface area (TPSA) is 51.3 Å². The minimum atomic E-state index is 0.481. The molecule has 1 heterocycles. The highest BCUT2D eigenvalue weighted by Crippen LogP contribution is 2.15. The molecule has 0 radical (unpaired) electrons. The summed E-state index contributed by atoms with van der Waals surface area (Å²) in [7, 11) is 0. The van der Waals surface area contributed by atoms with Crippen LogP contribution in [-0.4, -0.2) is 10.8 Å². The largest absolute Gasteiger partial charge is 0.383 e. The predicted molar refractivity (Wildman–Crippen MR) is 68.3 cm³/mol. The standard InChI is InChI=1S/C12H11N3S/c13-12(9-5-7-14-8-6-9)15-10-1-3-11(16)4-2-10/h1-8,16H,(H2,13,15). The van der Waals surface area contributed by atoms with Crippen LogP contribution in [0.4, 0.5) is 5.69 Å². The van der Waals surface area contributed by atoms with Gasteiger partial charge in [-0.25, -0.2) is 4.99 Å². The van der Waals surface area contributed by atoms with Crippen LogP contribution in [0.15, 0.2) is 58.7 Å². The lowest BCUT2D eigenvalue weighted by molar-refractivity contribution is 1.31. The van der Waals surface area contributed by atoms with Gasteiger partial charge in [0.1, 0.15) is 5.84 Å². The fraction of sp³-hybridized carbons (Fsp3) is 0. The molecule has 0 aliphatic heterocycles. The molecular formula is C12H11N3S. The van der Waals surface area contributed by atoms with E-state index in [0.717, 1.165) is 16.1 Å². The molecule has 2 aromatic rings. The number of rotatable bonds is 2. The van der Waals surface area contributed by atoms with E-state index in [0.29, 0.717) is 5.84 Å². The Morgan fingerprint density at radius 1 is 1.06 bits per heavy atom. The number of aliphatic imine (C=N–C) groups is 1. The second-order valence-electron chi connectivity index (χ2n) is 3.25. The third-order valence-corrected chi connectivity index (χ3v) is 2.37. The van der Waals surface area contributed by atoms with Crippen LogP contribution in [0.25, 0.3) is 0 Å². The average Bonchev–Trinajstić information content (AvgIpc) is 2.33. The first-order chi connectivity index (χ1) is 7.75. The summed E-state index contributed by atoms with van der Waals surface area (Å²) in [6.07, 6.45) is 3.38.